The molecule has 1 aliphatic rings. The highest BCUT2D eigenvalue weighted by atomic mass is 32.2. The number of nitrogens with two attached hydrogens (primary N) is 1. The van der Waals surface area contributed by atoms with Gasteiger partial charge in [0.05, 0.1) is 10.9 Å². The maximum atomic E-state index is 13.3. The zero-order valence-electron chi connectivity index (χ0n) is 25.8. The lowest BCUT2D eigenvalue weighted by Crippen LogP contribution is -2.44. The lowest BCUT2D eigenvalue weighted by atomic mass is 9.94. The third-order valence-electron chi connectivity index (χ3n) is 7.39. The molecule has 2 aromatic carbocycles. The normalized spacial score (nSPS) is 14.2. The summed E-state index contributed by atoms with van der Waals surface area (Å²) in [5.41, 5.74) is 9.30. The third kappa shape index (κ3) is 8.83. The number of benzene rings is 2. The Bertz CT molecular complexity index is 1450. The molecule has 0 fully saturated rings. The van der Waals surface area contributed by atoms with E-state index in [2.05, 4.69) is 15.4 Å². The number of ether oxygens (including phenoxy) is 2. The Labute approximate surface area is 254 Å². The Balaban J connectivity index is 1.39. The van der Waals surface area contributed by atoms with Crippen LogP contribution in [0, 0.1) is 26.2 Å². The van der Waals surface area contributed by atoms with Gasteiger partial charge in [-0.15, -0.1) is 0 Å². The number of nitrogens with one attached hydrogen (secondary N) is 4. The molecule has 0 aliphatic carbocycles. The second kappa shape index (κ2) is 14.1. The van der Waals surface area contributed by atoms with E-state index in [1.165, 1.54) is 4.90 Å². The number of rotatable bonds is 12. The quantitative estimate of drug-likeness (QED) is 0.137. The van der Waals surface area contributed by atoms with Gasteiger partial charge < -0.3 is 30.7 Å². The fraction of sp³-hybridized carbons (Fsp3) is 0.500. The summed E-state index contributed by atoms with van der Waals surface area (Å²) in [5.74, 6) is 0.00144. The van der Waals surface area contributed by atoms with Crippen molar-refractivity contribution >= 4 is 28.0 Å². The molecule has 0 unspecified atom stereocenters. The fourth-order valence-electron chi connectivity index (χ4n) is 4.93. The zero-order valence-corrected chi connectivity index (χ0v) is 26.6. The van der Waals surface area contributed by atoms with Crippen LogP contribution in [0.3, 0.4) is 0 Å². The topological polar surface area (TPSA) is 176 Å². The molecule has 0 aromatic heterocycles. The summed E-state index contributed by atoms with van der Waals surface area (Å²) in [4.78, 5) is 26.0. The number of likely N-dealkylation sites (N-methyl/N-ethyl adjacent to an activating group) is 1. The highest BCUT2D eigenvalue weighted by Gasteiger charge is 2.36. The summed E-state index contributed by atoms with van der Waals surface area (Å²) in [6.45, 7) is 10.1. The molecule has 1 aliphatic heterocycles. The van der Waals surface area contributed by atoms with Crippen LogP contribution in [0.15, 0.2) is 35.2 Å². The van der Waals surface area contributed by atoms with Crippen LogP contribution in [0.5, 0.6) is 5.75 Å². The van der Waals surface area contributed by atoms with E-state index < -0.39 is 27.8 Å². The minimum atomic E-state index is -4.03. The molecule has 43 heavy (non-hydrogen) atoms. The van der Waals surface area contributed by atoms with Gasteiger partial charge in [-0.05, 0) is 69.7 Å². The molecule has 0 saturated heterocycles. The molecule has 0 radical (unpaired) electrons. The molecule has 1 atom stereocenters. The molecule has 1 heterocycles. The number of hydrogen-bond donors (Lipinski definition) is 5. The average molecular weight is 617 g/mol. The van der Waals surface area contributed by atoms with Gasteiger partial charge in [0, 0.05) is 38.7 Å². The highest BCUT2D eigenvalue weighted by Crippen LogP contribution is 2.43. The van der Waals surface area contributed by atoms with E-state index >= 15 is 0 Å². The molecule has 3 rings (SSSR count). The van der Waals surface area contributed by atoms with Crippen LogP contribution >= 0.6 is 0 Å². The first-order valence-corrected chi connectivity index (χ1v) is 15.7. The third-order valence-corrected chi connectivity index (χ3v) is 9.01. The summed E-state index contributed by atoms with van der Waals surface area (Å²) in [6, 6.07) is 8.53. The summed E-state index contributed by atoms with van der Waals surface area (Å²) in [7, 11) is -2.45. The standard InChI is InChI=1S/C30H44N6O6S/c1-19-20(2)26(21(3)23-17-30(4,5)42-25(19)23)43(39,40)35-28(32)34-14-10-13-24(31)27(37)33-15-16-36(6)29(38)41-18-22-11-8-7-9-12-22/h7-9,11-12,24H,10,13-18,31H2,1-6H3,(H,33,37)(H3,32,34,35)/t24-/m0/s1. The van der Waals surface area contributed by atoms with Gasteiger partial charge in [0.2, 0.25) is 11.9 Å². The Kier molecular flexibility index (Phi) is 11.0. The summed E-state index contributed by atoms with van der Waals surface area (Å²) < 4.78 is 40.2. The summed E-state index contributed by atoms with van der Waals surface area (Å²) in [6.07, 6.45) is 0.832. The van der Waals surface area contributed by atoms with Crippen LogP contribution < -0.4 is 25.8 Å². The Morgan fingerprint density at radius 3 is 2.44 bits per heavy atom. The van der Waals surface area contributed by atoms with Crippen LogP contribution in [0.2, 0.25) is 0 Å². The van der Waals surface area contributed by atoms with Crippen LogP contribution in [-0.4, -0.2) is 69.6 Å². The largest absolute Gasteiger partial charge is 0.487 e. The lowest BCUT2D eigenvalue weighted by molar-refractivity contribution is -0.122. The van der Waals surface area contributed by atoms with E-state index in [0.29, 0.717) is 30.4 Å². The number of carbonyl (C=O) groups excluding carboxylic acids is 2. The van der Waals surface area contributed by atoms with Gasteiger partial charge in [-0.1, -0.05) is 30.3 Å². The molecule has 236 valence electrons. The van der Waals surface area contributed by atoms with Crippen molar-refractivity contribution in [3.05, 3.63) is 58.1 Å². The van der Waals surface area contributed by atoms with Crippen molar-refractivity contribution in [2.24, 2.45) is 5.73 Å². The van der Waals surface area contributed by atoms with Crippen LogP contribution in [-0.2, 0) is 32.6 Å². The second-order valence-corrected chi connectivity index (χ2v) is 13.1. The van der Waals surface area contributed by atoms with Crippen molar-refractivity contribution in [3.63, 3.8) is 0 Å². The van der Waals surface area contributed by atoms with Crippen LogP contribution in [0.4, 0.5) is 4.79 Å². The molecule has 2 amide bonds. The van der Waals surface area contributed by atoms with Crippen molar-refractivity contribution in [2.45, 2.75) is 77.0 Å². The molecule has 13 heteroatoms. The zero-order chi connectivity index (χ0) is 31.9. The first kappa shape index (κ1) is 33.7. The Morgan fingerprint density at radius 2 is 1.77 bits per heavy atom. The van der Waals surface area contributed by atoms with Gasteiger partial charge in [0.1, 0.15) is 18.0 Å². The molecule has 12 nitrogen and oxygen atoms in total. The van der Waals surface area contributed by atoms with Crippen molar-refractivity contribution in [2.75, 3.05) is 26.7 Å². The maximum absolute atomic E-state index is 13.3. The second-order valence-electron chi connectivity index (χ2n) is 11.5. The summed E-state index contributed by atoms with van der Waals surface area (Å²) >= 11 is 0. The van der Waals surface area contributed by atoms with E-state index in [0.717, 1.165) is 22.4 Å². The SMILES string of the molecule is Cc1c(C)c(S(=O)(=O)NC(=N)NCCC[C@H](N)C(=O)NCCN(C)C(=O)OCc2ccccc2)c(C)c2c1OC(C)(C)C2. The van der Waals surface area contributed by atoms with E-state index in [1.54, 1.807) is 20.9 Å². The van der Waals surface area contributed by atoms with Gasteiger partial charge in [-0.25, -0.2) is 17.9 Å². The van der Waals surface area contributed by atoms with Crippen LogP contribution in [0.25, 0.3) is 0 Å². The molecular formula is C30H44N6O6S. The maximum Gasteiger partial charge on any atom is 0.409 e. The molecule has 0 saturated carbocycles. The molecule has 2 aromatic rings. The van der Waals surface area contributed by atoms with Crippen molar-refractivity contribution < 1.29 is 27.5 Å². The van der Waals surface area contributed by atoms with Gasteiger partial charge >= 0.3 is 6.09 Å². The van der Waals surface area contributed by atoms with Gasteiger partial charge in [-0.2, -0.15) is 0 Å². The monoisotopic (exact) mass is 616 g/mol. The predicted molar refractivity (Wildman–Crippen MR) is 165 cm³/mol. The number of carbonyl (C=O) groups is 2. The molecular weight excluding hydrogens is 572 g/mol. The number of fused-ring (bicyclic) bond motifs is 1. The number of amides is 2. The highest BCUT2D eigenvalue weighted by molar-refractivity contribution is 7.90. The Morgan fingerprint density at radius 1 is 1.09 bits per heavy atom. The van der Waals surface area contributed by atoms with Crippen molar-refractivity contribution in [1.82, 2.24) is 20.3 Å². The fourth-order valence-corrected chi connectivity index (χ4v) is 6.46. The average Bonchev–Trinajstić information content (AvgIpc) is 3.28. The van der Waals surface area contributed by atoms with E-state index in [1.807, 2.05) is 51.1 Å². The van der Waals surface area contributed by atoms with E-state index in [4.69, 9.17) is 20.6 Å². The first-order chi connectivity index (χ1) is 20.1. The van der Waals surface area contributed by atoms with Crippen molar-refractivity contribution in [1.29, 1.82) is 5.41 Å². The predicted octanol–water partition coefficient (Wildman–Crippen LogP) is 2.62. The molecule has 0 bridgehead atoms. The number of nitrogens with zero attached hydrogens (tertiary/aromatic N) is 1. The van der Waals surface area contributed by atoms with E-state index in [9.17, 15) is 18.0 Å². The smallest absolute Gasteiger partial charge is 0.409 e. The van der Waals surface area contributed by atoms with Crippen molar-refractivity contribution in [3.8, 4) is 5.75 Å². The molecule has 6 N–H and O–H groups in total. The number of sulfonamides is 1. The number of guanidine groups is 1. The molecule has 0 spiro atoms. The first-order valence-electron chi connectivity index (χ1n) is 14.2. The van der Waals surface area contributed by atoms with Gasteiger partial charge in [-0.3, -0.25) is 10.2 Å². The summed E-state index contributed by atoms with van der Waals surface area (Å²) in [5, 5.41) is 13.6. The Hall–Kier alpha value is -3.84. The minimum Gasteiger partial charge on any atom is -0.487 e. The lowest BCUT2D eigenvalue weighted by Gasteiger charge is -2.20. The number of hydrogen-bond acceptors (Lipinski definition) is 8. The van der Waals surface area contributed by atoms with Gasteiger partial charge in [0.25, 0.3) is 10.0 Å². The van der Waals surface area contributed by atoms with E-state index in [-0.39, 0.29) is 43.0 Å². The van der Waals surface area contributed by atoms with Crippen LogP contribution in [0.1, 0.15) is 54.5 Å². The minimum absolute atomic E-state index is 0.158. The van der Waals surface area contributed by atoms with Gasteiger partial charge in [0.15, 0.2) is 0 Å².